The summed E-state index contributed by atoms with van der Waals surface area (Å²) in [6, 6.07) is -0.212. The number of hydrogen-bond donors (Lipinski definition) is 2. The van der Waals surface area contributed by atoms with Gasteiger partial charge in [-0.05, 0) is 44.4 Å². The molecule has 3 N–H and O–H groups in total. The molecule has 5 heteroatoms. The molecular formula is C15H27N3O2. The van der Waals surface area contributed by atoms with Gasteiger partial charge in [0.1, 0.15) is 6.04 Å². The molecule has 20 heavy (non-hydrogen) atoms. The molecule has 2 fully saturated rings. The molecule has 1 saturated carbocycles. The molecule has 2 aliphatic rings. The van der Waals surface area contributed by atoms with Crippen LogP contribution in [0.1, 0.15) is 51.9 Å². The van der Waals surface area contributed by atoms with Gasteiger partial charge in [-0.1, -0.05) is 6.92 Å². The van der Waals surface area contributed by atoms with Crippen molar-refractivity contribution in [3.8, 4) is 0 Å². The first-order valence-corrected chi connectivity index (χ1v) is 7.96. The minimum absolute atomic E-state index is 0.0229. The number of nitrogens with zero attached hydrogens (tertiary/aromatic N) is 1. The second-order valence-corrected chi connectivity index (χ2v) is 6.10. The van der Waals surface area contributed by atoms with Gasteiger partial charge in [0.05, 0.1) is 0 Å². The number of nitrogens with two attached hydrogens (primary N) is 1. The van der Waals surface area contributed by atoms with E-state index in [4.69, 9.17) is 5.73 Å². The third kappa shape index (κ3) is 3.95. The van der Waals surface area contributed by atoms with Gasteiger partial charge in [-0.3, -0.25) is 9.59 Å². The number of carbonyl (C=O) groups excluding carboxylic acids is 2. The van der Waals surface area contributed by atoms with Crippen molar-refractivity contribution in [3.05, 3.63) is 0 Å². The highest BCUT2D eigenvalue weighted by molar-refractivity contribution is 5.87. The maximum atomic E-state index is 12.3. The van der Waals surface area contributed by atoms with E-state index in [1.54, 1.807) is 4.90 Å². The van der Waals surface area contributed by atoms with Crippen LogP contribution < -0.4 is 11.1 Å². The van der Waals surface area contributed by atoms with Gasteiger partial charge in [-0.15, -0.1) is 0 Å². The van der Waals surface area contributed by atoms with Crippen LogP contribution >= 0.6 is 0 Å². The molecule has 0 aromatic rings. The molecule has 0 bridgehead atoms. The Hall–Kier alpha value is -1.10. The Labute approximate surface area is 121 Å². The van der Waals surface area contributed by atoms with E-state index in [9.17, 15) is 9.59 Å². The van der Waals surface area contributed by atoms with E-state index in [2.05, 4.69) is 5.32 Å². The Morgan fingerprint density at radius 3 is 2.70 bits per heavy atom. The molecule has 2 atom stereocenters. The van der Waals surface area contributed by atoms with Gasteiger partial charge in [0.2, 0.25) is 11.8 Å². The largest absolute Gasteiger partial charge is 0.353 e. The predicted molar refractivity (Wildman–Crippen MR) is 78.0 cm³/mol. The van der Waals surface area contributed by atoms with Crippen molar-refractivity contribution in [2.75, 3.05) is 13.1 Å². The third-order valence-corrected chi connectivity index (χ3v) is 4.33. The zero-order valence-corrected chi connectivity index (χ0v) is 12.4. The lowest BCUT2D eigenvalue weighted by molar-refractivity contribution is -0.142. The van der Waals surface area contributed by atoms with E-state index in [0.29, 0.717) is 25.4 Å². The average molecular weight is 281 g/mol. The lowest BCUT2D eigenvalue weighted by Gasteiger charge is -2.35. The van der Waals surface area contributed by atoms with Gasteiger partial charge in [-0.25, -0.2) is 0 Å². The summed E-state index contributed by atoms with van der Waals surface area (Å²) in [5, 5.41) is 2.94. The molecule has 2 rings (SSSR count). The van der Waals surface area contributed by atoms with Crippen molar-refractivity contribution in [3.63, 3.8) is 0 Å². The van der Waals surface area contributed by atoms with E-state index < -0.39 is 0 Å². The molecule has 0 spiro atoms. The molecule has 2 amide bonds. The Morgan fingerprint density at radius 1 is 1.30 bits per heavy atom. The van der Waals surface area contributed by atoms with E-state index >= 15 is 0 Å². The first kappa shape index (κ1) is 15.3. The van der Waals surface area contributed by atoms with Crippen LogP contribution in [0.5, 0.6) is 0 Å². The Morgan fingerprint density at radius 2 is 2.05 bits per heavy atom. The molecule has 1 saturated heterocycles. The molecular weight excluding hydrogens is 254 g/mol. The van der Waals surface area contributed by atoms with E-state index in [-0.39, 0.29) is 23.9 Å². The van der Waals surface area contributed by atoms with Crippen molar-refractivity contribution in [2.24, 2.45) is 11.7 Å². The van der Waals surface area contributed by atoms with Gasteiger partial charge < -0.3 is 16.0 Å². The lowest BCUT2D eigenvalue weighted by Crippen LogP contribution is -2.53. The number of nitrogens with one attached hydrogen (secondary N) is 1. The van der Waals surface area contributed by atoms with Crippen molar-refractivity contribution in [1.29, 1.82) is 0 Å². The second-order valence-electron chi connectivity index (χ2n) is 6.10. The van der Waals surface area contributed by atoms with Crippen LogP contribution in [0.15, 0.2) is 0 Å². The van der Waals surface area contributed by atoms with Gasteiger partial charge in [0.15, 0.2) is 0 Å². The lowest BCUT2D eigenvalue weighted by atomic mass is 10.0. The molecule has 0 radical (unpaired) electrons. The predicted octanol–water partition coefficient (Wildman–Crippen LogP) is 1.02. The highest BCUT2D eigenvalue weighted by Gasteiger charge is 2.33. The van der Waals surface area contributed by atoms with Crippen molar-refractivity contribution in [1.82, 2.24) is 10.2 Å². The van der Waals surface area contributed by atoms with Gasteiger partial charge in [-0.2, -0.15) is 0 Å². The highest BCUT2D eigenvalue weighted by atomic mass is 16.2. The Balaban J connectivity index is 1.85. The summed E-state index contributed by atoms with van der Waals surface area (Å²) in [5.74, 6) is 0.670. The number of amides is 2. The number of rotatable bonds is 6. The smallest absolute Gasteiger partial charge is 0.242 e. The van der Waals surface area contributed by atoms with Crippen molar-refractivity contribution >= 4 is 11.8 Å². The van der Waals surface area contributed by atoms with Crippen LogP contribution in [0, 0.1) is 5.92 Å². The van der Waals surface area contributed by atoms with Crippen LogP contribution in [-0.2, 0) is 9.59 Å². The Kier molecular flexibility index (Phi) is 5.40. The molecule has 1 aliphatic carbocycles. The average Bonchev–Trinajstić information content (AvgIpc) is 3.29. The SMILES string of the molecule is CCCC(=O)N1CCCCC1C(=O)NCC(N)C1CC1. The first-order valence-electron chi connectivity index (χ1n) is 7.96. The fourth-order valence-corrected chi connectivity index (χ4v) is 2.89. The topological polar surface area (TPSA) is 75.4 Å². The van der Waals surface area contributed by atoms with Crippen LogP contribution in [0.2, 0.25) is 0 Å². The number of hydrogen-bond acceptors (Lipinski definition) is 3. The maximum absolute atomic E-state index is 12.3. The first-order chi connectivity index (χ1) is 9.63. The highest BCUT2D eigenvalue weighted by Crippen LogP contribution is 2.31. The summed E-state index contributed by atoms with van der Waals surface area (Å²) >= 11 is 0. The van der Waals surface area contributed by atoms with E-state index in [1.165, 1.54) is 12.8 Å². The molecule has 1 heterocycles. The quantitative estimate of drug-likeness (QED) is 0.763. The van der Waals surface area contributed by atoms with Gasteiger partial charge >= 0.3 is 0 Å². The standard InChI is InChI=1S/C15H27N3O2/c1-2-5-14(19)18-9-4-3-6-13(18)15(20)17-10-12(16)11-7-8-11/h11-13H,2-10,16H2,1H3,(H,17,20). The van der Waals surface area contributed by atoms with Crippen LogP contribution in [0.25, 0.3) is 0 Å². The summed E-state index contributed by atoms with van der Waals surface area (Å²) in [4.78, 5) is 26.2. The van der Waals surface area contributed by atoms with Crippen LogP contribution in [-0.4, -0.2) is 41.9 Å². The maximum Gasteiger partial charge on any atom is 0.242 e. The molecule has 114 valence electrons. The fourth-order valence-electron chi connectivity index (χ4n) is 2.89. The second kappa shape index (κ2) is 7.07. The molecule has 2 unspecified atom stereocenters. The van der Waals surface area contributed by atoms with E-state index in [0.717, 1.165) is 25.7 Å². The van der Waals surface area contributed by atoms with E-state index in [1.807, 2.05) is 6.92 Å². The summed E-state index contributed by atoms with van der Waals surface area (Å²) < 4.78 is 0. The normalized spacial score (nSPS) is 24.3. The van der Waals surface area contributed by atoms with Gasteiger partial charge in [0.25, 0.3) is 0 Å². The zero-order valence-electron chi connectivity index (χ0n) is 12.4. The fraction of sp³-hybridized carbons (Fsp3) is 0.867. The number of likely N-dealkylation sites (tertiary alicyclic amines) is 1. The summed E-state index contributed by atoms with van der Waals surface area (Å²) in [6.45, 7) is 3.24. The summed E-state index contributed by atoms with van der Waals surface area (Å²) in [6.07, 6.45) is 6.52. The van der Waals surface area contributed by atoms with Crippen LogP contribution in [0.4, 0.5) is 0 Å². The number of piperidine rings is 1. The minimum atomic E-state index is -0.283. The zero-order chi connectivity index (χ0) is 14.5. The molecule has 1 aliphatic heterocycles. The third-order valence-electron chi connectivity index (χ3n) is 4.33. The monoisotopic (exact) mass is 281 g/mol. The molecule has 0 aromatic heterocycles. The minimum Gasteiger partial charge on any atom is -0.353 e. The summed E-state index contributed by atoms with van der Waals surface area (Å²) in [7, 11) is 0. The van der Waals surface area contributed by atoms with Crippen molar-refractivity contribution in [2.45, 2.75) is 64.0 Å². The van der Waals surface area contributed by atoms with Gasteiger partial charge in [0, 0.05) is 25.6 Å². The molecule has 5 nitrogen and oxygen atoms in total. The van der Waals surface area contributed by atoms with Crippen molar-refractivity contribution < 1.29 is 9.59 Å². The summed E-state index contributed by atoms with van der Waals surface area (Å²) in [5.41, 5.74) is 6.00. The van der Waals surface area contributed by atoms with Crippen LogP contribution in [0.3, 0.4) is 0 Å². The molecule has 0 aromatic carbocycles. The Bertz CT molecular complexity index is 355. The number of carbonyl (C=O) groups is 2.